The van der Waals surface area contributed by atoms with Crippen LogP contribution in [0.2, 0.25) is 0 Å². The number of rotatable bonds is 3. The Kier molecular flexibility index (Phi) is 3.46. The van der Waals surface area contributed by atoms with Gasteiger partial charge >= 0.3 is 0 Å². The van der Waals surface area contributed by atoms with Crippen LogP contribution in [0.4, 0.5) is 0 Å². The zero-order valence-corrected chi connectivity index (χ0v) is 8.64. The summed E-state index contributed by atoms with van der Waals surface area (Å²) in [7, 11) is 4.06. The van der Waals surface area contributed by atoms with E-state index in [-0.39, 0.29) is 5.92 Å². The molecular weight excluding hydrogens is 182 g/mol. The predicted octanol–water partition coefficient (Wildman–Crippen LogP) is 0.794. The van der Waals surface area contributed by atoms with Crippen LogP contribution >= 0.6 is 0 Å². The third-order valence-electron chi connectivity index (χ3n) is 2.86. The topological polar surface area (TPSA) is 72.4 Å². The predicted molar refractivity (Wildman–Crippen MR) is 54.1 cm³/mol. The van der Waals surface area contributed by atoms with Gasteiger partial charge in [0.1, 0.15) is 0 Å². The van der Waals surface area contributed by atoms with Crippen molar-refractivity contribution in [2.45, 2.75) is 25.3 Å². The van der Waals surface area contributed by atoms with E-state index in [9.17, 15) is 10.1 Å². The molecule has 0 amide bonds. The average molecular weight is 199 g/mol. The number of nitrogens with two attached hydrogens (primary N) is 1. The molecule has 0 saturated heterocycles. The molecule has 0 aromatic carbocycles. The fraction of sp³-hybridized carbons (Fsp3) is 0.778. The van der Waals surface area contributed by atoms with Gasteiger partial charge in [0.2, 0.25) is 0 Å². The molecule has 1 fully saturated rings. The molecule has 0 aromatic rings. The quantitative estimate of drug-likeness (QED) is 0.539. The zero-order chi connectivity index (χ0) is 10.7. The fourth-order valence-electron chi connectivity index (χ4n) is 1.96. The number of allylic oxidation sites excluding steroid dienone is 1. The molecule has 0 bridgehead atoms. The van der Waals surface area contributed by atoms with Crippen molar-refractivity contribution < 1.29 is 4.92 Å². The van der Waals surface area contributed by atoms with E-state index >= 15 is 0 Å². The van der Waals surface area contributed by atoms with E-state index in [4.69, 9.17) is 5.73 Å². The Morgan fingerprint density at radius 3 is 2.64 bits per heavy atom. The molecule has 14 heavy (non-hydrogen) atoms. The summed E-state index contributed by atoms with van der Waals surface area (Å²) in [5.41, 5.74) is 6.06. The Labute approximate surface area is 83.7 Å². The summed E-state index contributed by atoms with van der Waals surface area (Å²) in [5, 5.41) is 10.2. The lowest BCUT2D eigenvalue weighted by Crippen LogP contribution is -2.25. The molecule has 1 saturated carbocycles. The summed E-state index contributed by atoms with van der Waals surface area (Å²) >= 11 is 0. The molecule has 1 aliphatic rings. The minimum absolute atomic E-state index is 0.188. The summed E-state index contributed by atoms with van der Waals surface area (Å²) in [6.07, 6.45) is 3.90. The van der Waals surface area contributed by atoms with E-state index < -0.39 is 4.92 Å². The van der Waals surface area contributed by atoms with Crippen LogP contribution in [-0.2, 0) is 0 Å². The Bertz CT molecular complexity index is 250. The van der Waals surface area contributed by atoms with Gasteiger partial charge in [-0.05, 0) is 33.4 Å². The normalized spacial score (nSPS) is 28.4. The Balaban J connectivity index is 2.53. The molecule has 5 nitrogen and oxygen atoms in total. The van der Waals surface area contributed by atoms with Crippen molar-refractivity contribution >= 4 is 0 Å². The van der Waals surface area contributed by atoms with Crippen molar-refractivity contribution in [1.82, 2.24) is 4.90 Å². The summed E-state index contributed by atoms with van der Waals surface area (Å²) in [5.74, 6) is 0.188. The maximum Gasteiger partial charge on any atom is 0.253 e. The molecule has 1 aliphatic carbocycles. The lowest BCUT2D eigenvalue weighted by Gasteiger charge is -2.18. The first-order valence-corrected chi connectivity index (χ1v) is 4.77. The largest absolute Gasteiger partial charge is 0.397 e. The molecule has 5 heteroatoms. The van der Waals surface area contributed by atoms with Gasteiger partial charge in [0.05, 0.1) is 10.6 Å². The number of hydrogen-bond donors (Lipinski definition) is 1. The van der Waals surface area contributed by atoms with Crippen LogP contribution in [-0.4, -0.2) is 30.0 Å². The standard InChI is InChI=1S/C9H17N3O2/c1-11(2)8-4-3-7(5-8)9(10)6-12(13)14/h6-8H,3-5,10H2,1-2H3/b9-6+. The second kappa shape index (κ2) is 4.41. The van der Waals surface area contributed by atoms with Gasteiger partial charge in [-0.1, -0.05) is 0 Å². The molecule has 0 aliphatic heterocycles. The third-order valence-corrected chi connectivity index (χ3v) is 2.86. The van der Waals surface area contributed by atoms with Gasteiger partial charge in [0, 0.05) is 12.0 Å². The lowest BCUT2D eigenvalue weighted by atomic mass is 10.0. The minimum atomic E-state index is -0.474. The van der Waals surface area contributed by atoms with Gasteiger partial charge in [0.15, 0.2) is 0 Å². The highest BCUT2D eigenvalue weighted by molar-refractivity contribution is 5.02. The van der Waals surface area contributed by atoms with Crippen LogP contribution < -0.4 is 5.73 Å². The van der Waals surface area contributed by atoms with Crippen molar-refractivity contribution in [2.75, 3.05) is 14.1 Å². The number of nitro groups is 1. The van der Waals surface area contributed by atoms with Gasteiger partial charge < -0.3 is 10.6 Å². The molecule has 0 heterocycles. The lowest BCUT2D eigenvalue weighted by molar-refractivity contribution is -0.403. The van der Waals surface area contributed by atoms with Crippen molar-refractivity contribution in [3.05, 3.63) is 22.0 Å². The van der Waals surface area contributed by atoms with E-state index in [1.807, 2.05) is 14.1 Å². The Morgan fingerprint density at radius 1 is 1.57 bits per heavy atom. The highest BCUT2D eigenvalue weighted by Gasteiger charge is 2.28. The van der Waals surface area contributed by atoms with Gasteiger partial charge in [-0.2, -0.15) is 0 Å². The first kappa shape index (κ1) is 11.0. The van der Waals surface area contributed by atoms with Crippen LogP contribution in [0.1, 0.15) is 19.3 Å². The molecular formula is C9H17N3O2. The SMILES string of the molecule is CN(C)C1CCC(/C(N)=C\[N+](=O)[O-])C1. The van der Waals surface area contributed by atoms with E-state index in [2.05, 4.69) is 4.90 Å². The van der Waals surface area contributed by atoms with E-state index in [1.165, 1.54) is 0 Å². The van der Waals surface area contributed by atoms with Gasteiger partial charge in [-0.3, -0.25) is 10.1 Å². The Morgan fingerprint density at radius 2 is 2.21 bits per heavy atom. The van der Waals surface area contributed by atoms with Crippen molar-refractivity contribution in [3.8, 4) is 0 Å². The summed E-state index contributed by atoms with van der Waals surface area (Å²) < 4.78 is 0. The molecule has 0 radical (unpaired) electrons. The summed E-state index contributed by atoms with van der Waals surface area (Å²) in [6.45, 7) is 0. The third kappa shape index (κ3) is 2.70. The van der Waals surface area contributed by atoms with Crippen LogP contribution in [0.5, 0.6) is 0 Å². The van der Waals surface area contributed by atoms with Crippen molar-refractivity contribution in [1.29, 1.82) is 0 Å². The Hall–Kier alpha value is -1.10. The molecule has 2 N–H and O–H groups in total. The number of nitrogens with zero attached hydrogens (tertiary/aromatic N) is 2. The average Bonchev–Trinajstić information content (AvgIpc) is 2.50. The van der Waals surface area contributed by atoms with Gasteiger partial charge in [-0.15, -0.1) is 0 Å². The minimum Gasteiger partial charge on any atom is -0.397 e. The van der Waals surface area contributed by atoms with Crippen LogP contribution in [0.15, 0.2) is 11.9 Å². The van der Waals surface area contributed by atoms with E-state index in [0.717, 1.165) is 25.5 Å². The number of hydrogen-bond acceptors (Lipinski definition) is 4. The molecule has 80 valence electrons. The molecule has 0 spiro atoms. The maximum absolute atomic E-state index is 10.2. The second-order valence-electron chi connectivity index (χ2n) is 4.04. The first-order valence-electron chi connectivity index (χ1n) is 4.77. The van der Waals surface area contributed by atoms with Crippen molar-refractivity contribution in [2.24, 2.45) is 11.7 Å². The van der Waals surface area contributed by atoms with E-state index in [0.29, 0.717) is 11.7 Å². The summed E-state index contributed by atoms with van der Waals surface area (Å²) in [6, 6.07) is 0.513. The maximum atomic E-state index is 10.2. The second-order valence-corrected chi connectivity index (χ2v) is 4.04. The van der Waals surface area contributed by atoms with Crippen LogP contribution in [0.25, 0.3) is 0 Å². The van der Waals surface area contributed by atoms with Crippen LogP contribution in [0.3, 0.4) is 0 Å². The molecule has 0 aromatic heterocycles. The van der Waals surface area contributed by atoms with E-state index in [1.54, 1.807) is 0 Å². The van der Waals surface area contributed by atoms with Gasteiger partial charge in [0.25, 0.3) is 6.20 Å². The first-order chi connectivity index (χ1) is 6.50. The fourth-order valence-corrected chi connectivity index (χ4v) is 1.96. The highest BCUT2D eigenvalue weighted by atomic mass is 16.6. The molecule has 2 atom stereocenters. The van der Waals surface area contributed by atoms with Crippen molar-refractivity contribution in [3.63, 3.8) is 0 Å². The zero-order valence-electron chi connectivity index (χ0n) is 8.64. The molecule has 2 unspecified atom stereocenters. The highest BCUT2D eigenvalue weighted by Crippen LogP contribution is 2.31. The van der Waals surface area contributed by atoms with Crippen LogP contribution in [0, 0.1) is 16.0 Å². The van der Waals surface area contributed by atoms with Gasteiger partial charge in [-0.25, -0.2) is 0 Å². The smallest absolute Gasteiger partial charge is 0.253 e. The molecule has 1 rings (SSSR count). The monoisotopic (exact) mass is 199 g/mol. The summed E-state index contributed by atoms with van der Waals surface area (Å²) in [4.78, 5) is 11.9.